The summed E-state index contributed by atoms with van der Waals surface area (Å²) in [4.78, 5) is 14.0. The topological polar surface area (TPSA) is 66.6 Å². The summed E-state index contributed by atoms with van der Waals surface area (Å²) in [6, 6.07) is 0.256. The minimum absolute atomic E-state index is 0.0419. The van der Waals surface area contributed by atoms with E-state index >= 15 is 0 Å². The molecule has 0 aromatic carbocycles. The van der Waals surface area contributed by atoms with E-state index in [1.807, 2.05) is 6.92 Å². The molecule has 1 fully saturated rings. The number of aliphatic hydroxyl groups is 1. The van der Waals surface area contributed by atoms with Gasteiger partial charge in [-0.05, 0) is 32.1 Å². The lowest BCUT2D eigenvalue weighted by atomic mass is 9.77. The molecule has 0 heterocycles. The standard InChI is InChI=1S/C12H24N2O2/c1-3-14(6-7-15)12(16)11-5-4-10(13)8-9(11)2/h9-11,15H,3-8,13H2,1-2H3. The van der Waals surface area contributed by atoms with E-state index in [1.54, 1.807) is 4.90 Å². The molecule has 16 heavy (non-hydrogen) atoms. The Kier molecular flexibility index (Phi) is 5.22. The van der Waals surface area contributed by atoms with Gasteiger partial charge in [-0.3, -0.25) is 4.79 Å². The van der Waals surface area contributed by atoms with Crippen molar-refractivity contribution < 1.29 is 9.90 Å². The molecule has 0 bridgehead atoms. The number of likely N-dealkylation sites (N-methyl/N-ethyl adjacent to an activating group) is 1. The van der Waals surface area contributed by atoms with Gasteiger partial charge < -0.3 is 15.7 Å². The van der Waals surface area contributed by atoms with Crippen LogP contribution in [-0.2, 0) is 4.79 Å². The van der Waals surface area contributed by atoms with E-state index in [0.717, 1.165) is 19.3 Å². The highest BCUT2D eigenvalue weighted by Gasteiger charge is 2.32. The maximum Gasteiger partial charge on any atom is 0.226 e. The Morgan fingerprint density at radius 2 is 2.19 bits per heavy atom. The molecule has 3 N–H and O–H groups in total. The van der Waals surface area contributed by atoms with Crippen molar-refractivity contribution in [1.82, 2.24) is 4.90 Å². The summed E-state index contributed by atoms with van der Waals surface area (Å²) in [5.74, 6) is 0.659. The fraction of sp³-hybridized carbons (Fsp3) is 0.917. The monoisotopic (exact) mass is 228 g/mol. The summed E-state index contributed by atoms with van der Waals surface area (Å²) >= 11 is 0. The average molecular weight is 228 g/mol. The van der Waals surface area contributed by atoms with E-state index in [1.165, 1.54) is 0 Å². The van der Waals surface area contributed by atoms with Crippen molar-refractivity contribution in [3.8, 4) is 0 Å². The summed E-state index contributed by atoms with van der Waals surface area (Å²) in [7, 11) is 0. The van der Waals surface area contributed by atoms with Crippen LogP contribution in [0, 0.1) is 11.8 Å². The van der Waals surface area contributed by atoms with Gasteiger partial charge in [0.05, 0.1) is 6.61 Å². The Morgan fingerprint density at radius 1 is 1.50 bits per heavy atom. The van der Waals surface area contributed by atoms with Crippen LogP contribution in [0.15, 0.2) is 0 Å². The van der Waals surface area contributed by atoms with Gasteiger partial charge in [0.2, 0.25) is 5.91 Å². The lowest BCUT2D eigenvalue weighted by Crippen LogP contribution is -2.43. The van der Waals surface area contributed by atoms with Crippen LogP contribution in [0.2, 0.25) is 0 Å². The van der Waals surface area contributed by atoms with E-state index in [0.29, 0.717) is 19.0 Å². The zero-order chi connectivity index (χ0) is 12.1. The molecule has 1 saturated carbocycles. The van der Waals surface area contributed by atoms with E-state index < -0.39 is 0 Å². The molecule has 1 amide bonds. The van der Waals surface area contributed by atoms with Crippen molar-refractivity contribution in [2.45, 2.75) is 39.2 Å². The van der Waals surface area contributed by atoms with Gasteiger partial charge in [-0.25, -0.2) is 0 Å². The second-order valence-corrected chi connectivity index (χ2v) is 4.80. The molecule has 3 unspecified atom stereocenters. The van der Waals surface area contributed by atoms with Crippen LogP contribution in [0.5, 0.6) is 0 Å². The van der Waals surface area contributed by atoms with Crippen molar-refractivity contribution in [2.75, 3.05) is 19.7 Å². The van der Waals surface area contributed by atoms with Crippen LogP contribution in [0.4, 0.5) is 0 Å². The molecular weight excluding hydrogens is 204 g/mol. The molecule has 1 aliphatic carbocycles. The van der Waals surface area contributed by atoms with E-state index in [9.17, 15) is 4.79 Å². The summed E-state index contributed by atoms with van der Waals surface area (Å²) in [6.07, 6.45) is 2.77. The Hall–Kier alpha value is -0.610. The molecule has 0 radical (unpaired) electrons. The summed E-state index contributed by atoms with van der Waals surface area (Å²) in [5, 5.41) is 8.91. The molecule has 4 nitrogen and oxygen atoms in total. The molecule has 1 rings (SSSR count). The lowest BCUT2D eigenvalue weighted by molar-refractivity contribution is -0.138. The van der Waals surface area contributed by atoms with E-state index in [4.69, 9.17) is 10.8 Å². The molecular formula is C12H24N2O2. The number of hydrogen-bond donors (Lipinski definition) is 2. The molecule has 0 aromatic heterocycles. The van der Waals surface area contributed by atoms with Gasteiger partial charge in [0.25, 0.3) is 0 Å². The number of rotatable bonds is 4. The third kappa shape index (κ3) is 3.19. The second kappa shape index (κ2) is 6.21. The Balaban J connectivity index is 2.58. The maximum absolute atomic E-state index is 12.2. The number of hydrogen-bond acceptors (Lipinski definition) is 3. The molecule has 3 atom stereocenters. The number of amides is 1. The first-order valence-electron chi connectivity index (χ1n) is 6.25. The predicted molar refractivity (Wildman–Crippen MR) is 63.8 cm³/mol. The van der Waals surface area contributed by atoms with Crippen molar-refractivity contribution >= 4 is 5.91 Å². The summed E-state index contributed by atoms with van der Waals surface area (Å²) in [5.41, 5.74) is 5.89. The number of carbonyl (C=O) groups is 1. The number of nitrogens with zero attached hydrogens (tertiary/aromatic N) is 1. The molecule has 0 aliphatic heterocycles. The first-order chi connectivity index (χ1) is 7.60. The SMILES string of the molecule is CCN(CCO)C(=O)C1CCC(N)CC1C. The van der Waals surface area contributed by atoms with Gasteiger partial charge in [0.15, 0.2) is 0 Å². The van der Waals surface area contributed by atoms with Crippen LogP contribution in [-0.4, -0.2) is 41.7 Å². The van der Waals surface area contributed by atoms with Crippen molar-refractivity contribution in [3.63, 3.8) is 0 Å². The van der Waals surface area contributed by atoms with Gasteiger partial charge in [-0.2, -0.15) is 0 Å². The Labute approximate surface area is 97.8 Å². The van der Waals surface area contributed by atoms with Gasteiger partial charge in [0, 0.05) is 25.0 Å². The van der Waals surface area contributed by atoms with Crippen LogP contribution in [0.25, 0.3) is 0 Å². The van der Waals surface area contributed by atoms with E-state index in [-0.39, 0.29) is 24.5 Å². The molecule has 0 aromatic rings. The number of aliphatic hydroxyl groups excluding tert-OH is 1. The highest BCUT2D eigenvalue weighted by atomic mass is 16.3. The summed E-state index contributed by atoms with van der Waals surface area (Å²) < 4.78 is 0. The smallest absolute Gasteiger partial charge is 0.226 e. The minimum Gasteiger partial charge on any atom is -0.395 e. The van der Waals surface area contributed by atoms with E-state index in [2.05, 4.69) is 6.92 Å². The second-order valence-electron chi connectivity index (χ2n) is 4.80. The summed E-state index contributed by atoms with van der Waals surface area (Å²) in [6.45, 7) is 5.22. The predicted octanol–water partition coefficient (Wildman–Crippen LogP) is 0.591. The molecule has 0 saturated heterocycles. The Morgan fingerprint density at radius 3 is 2.69 bits per heavy atom. The first kappa shape index (κ1) is 13.5. The Bertz CT molecular complexity index is 233. The normalized spacial score (nSPS) is 30.1. The highest BCUT2D eigenvalue weighted by molar-refractivity contribution is 5.79. The zero-order valence-electron chi connectivity index (χ0n) is 10.4. The minimum atomic E-state index is 0.0419. The third-order valence-electron chi connectivity index (χ3n) is 3.59. The van der Waals surface area contributed by atoms with Crippen molar-refractivity contribution in [2.24, 2.45) is 17.6 Å². The largest absolute Gasteiger partial charge is 0.395 e. The van der Waals surface area contributed by atoms with Crippen molar-refractivity contribution in [1.29, 1.82) is 0 Å². The van der Waals surface area contributed by atoms with Crippen LogP contribution >= 0.6 is 0 Å². The average Bonchev–Trinajstić information content (AvgIpc) is 2.25. The maximum atomic E-state index is 12.2. The van der Waals surface area contributed by atoms with Gasteiger partial charge in [0.1, 0.15) is 0 Å². The van der Waals surface area contributed by atoms with Crippen LogP contribution in [0.3, 0.4) is 0 Å². The van der Waals surface area contributed by atoms with Gasteiger partial charge in [-0.15, -0.1) is 0 Å². The number of carbonyl (C=O) groups excluding carboxylic acids is 1. The molecule has 4 heteroatoms. The van der Waals surface area contributed by atoms with Crippen molar-refractivity contribution in [3.05, 3.63) is 0 Å². The lowest BCUT2D eigenvalue weighted by Gasteiger charge is -2.34. The van der Waals surface area contributed by atoms with Gasteiger partial charge in [-0.1, -0.05) is 6.92 Å². The zero-order valence-corrected chi connectivity index (χ0v) is 10.4. The molecule has 1 aliphatic rings. The fourth-order valence-electron chi connectivity index (χ4n) is 2.58. The molecule has 94 valence electrons. The number of nitrogens with two attached hydrogens (primary N) is 1. The van der Waals surface area contributed by atoms with Crippen LogP contribution < -0.4 is 5.73 Å². The van der Waals surface area contributed by atoms with Gasteiger partial charge >= 0.3 is 0 Å². The fourth-order valence-corrected chi connectivity index (χ4v) is 2.58. The molecule has 0 spiro atoms. The highest BCUT2D eigenvalue weighted by Crippen LogP contribution is 2.30. The van der Waals surface area contributed by atoms with Crippen LogP contribution in [0.1, 0.15) is 33.1 Å². The quantitative estimate of drug-likeness (QED) is 0.740. The third-order valence-corrected chi connectivity index (χ3v) is 3.59. The first-order valence-corrected chi connectivity index (χ1v) is 6.25.